The molecule has 1 fully saturated rings. The number of aliphatic hydroxyl groups is 2. The highest BCUT2D eigenvalue weighted by Gasteiger charge is 2.50. The largest absolute Gasteiger partial charge is 0.479 e. The van der Waals surface area contributed by atoms with Crippen molar-refractivity contribution >= 4 is 23.9 Å². The molecule has 12 nitrogen and oxygen atoms in total. The van der Waals surface area contributed by atoms with Gasteiger partial charge in [-0.1, -0.05) is 235 Å². The number of aliphatic hydroxyl groups excluding tert-OH is 2. The van der Waals surface area contributed by atoms with Crippen molar-refractivity contribution in [2.75, 3.05) is 13.2 Å². The molecule has 0 aromatic rings. The summed E-state index contributed by atoms with van der Waals surface area (Å²) in [7, 11) is 0. The number of allylic oxidation sites excluding steroid dienone is 12. The van der Waals surface area contributed by atoms with Crippen molar-refractivity contribution in [2.45, 2.75) is 327 Å². The van der Waals surface area contributed by atoms with Gasteiger partial charge in [-0.2, -0.15) is 0 Å². The Kier molecular flexibility index (Phi) is 52.6. The number of esters is 3. The van der Waals surface area contributed by atoms with Crippen LogP contribution in [0.3, 0.4) is 0 Å². The fourth-order valence-electron chi connectivity index (χ4n) is 9.70. The average Bonchev–Trinajstić information content (AvgIpc) is 3.53. The van der Waals surface area contributed by atoms with E-state index in [-0.39, 0.29) is 25.9 Å². The van der Waals surface area contributed by atoms with Gasteiger partial charge in [0.25, 0.3) is 0 Å². The van der Waals surface area contributed by atoms with Crippen LogP contribution in [0.2, 0.25) is 0 Å². The van der Waals surface area contributed by atoms with E-state index in [0.717, 1.165) is 96.3 Å². The first-order chi connectivity index (χ1) is 39.6. The molecule has 1 rings (SSSR count). The maximum Gasteiger partial charge on any atom is 0.335 e. The van der Waals surface area contributed by atoms with Crippen LogP contribution in [0.1, 0.15) is 290 Å². The van der Waals surface area contributed by atoms with Crippen molar-refractivity contribution in [1.82, 2.24) is 0 Å². The van der Waals surface area contributed by atoms with Crippen LogP contribution >= 0.6 is 0 Å². The Hall–Kier alpha value is -3.84. The zero-order valence-electron chi connectivity index (χ0n) is 51.5. The summed E-state index contributed by atoms with van der Waals surface area (Å²) in [6.45, 7) is 5.87. The van der Waals surface area contributed by atoms with Crippen molar-refractivity contribution in [1.29, 1.82) is 0 Å². The van der Waals surface area contributed by atoms with Crippen LogP contribution in [-0.4, -0.2) is 89.2 Å². The Bertz CT molecular complexity index is 1680. The van der Waals surface area contributed by atoms with Crippen LogP contribution < -0.4 is 0 Å². The molecule has 0 aromatic carbocycles. The van der Waals surface area contributed by atoms with E-state index in [2.05, 4.69) is 93.7 Å². The number of hydrogen-bond donors (Lipinski definition) is 3. The molecule has 0 bridgehead atoms. The maximum absolute atomic E-state index is 13.2. The second kappa shape index (κ2) is 56.6. The molecular formula is C69H118O12. The van der Waals surface area contributed by atoms with Crippen molar-refractivity contribution in [2.24, 2.45) is 0 Å². The first-order valence-corrected chi connectivity index (χ1v) is 32.9. The topological polar surface area (TPSA) is 175 Å². The number of carbonyl (C=O) groups is 4. The Morgan fingerprint density at radius 1 is 0.420 bits per heavy atom. The molecule has 0 radical (unpaired) electrons. The highest BCUT2D eigenvalue weighted by atomic mass is 16.7. The number of carboxylic acids is 1. The molecule has 0 spiro atoms. The number of carbonyl (C=O) groups excluding carboxylic acids is 3. The normalized spacial score (nSPS) is 18.2. The fourth-order valence-corrected chi connectivity index (χ4v) is 9.70. The summed E-state index contributed by atoms with van der Waals surface area (Å²) in [6, 6.07) is 0. The van der Waals surface area contributed by atoms with Crippen LogP contribution in [0.4, 0.5) is 0 Å². The third-order valence-electron chi connectivity index (χ3n) is 14.7. The lowest BCUT2D eigenvalue weighted by Crippen LogP contribution is -2.61. The lowest BCUT2D eigenvalue weighted by atomic mass is 9.98. The number of aliphatic carboxylic acids is 1. The molecule has 3 N–H and O–H groups in total. The SMILES string of the molecule is CC/C=C\C/C=C\C/C=C\C/C=C\CCCCC(=O)OC(COC(=O)CCCCCCCCCCC/C=C\CCCCCCCC)COC1OC(C(=O)O)C(O)C(O)C1OC(=O)CCCCCCCCC/C=C\CCCCCCCC. The highest BCUT2D eigenvalue weighted by Crippen LogP contribution is 2.27. The number of unbranched alkanes of at least 4 members (excludes halogenated alkanes) is 30. The van der Waals surface area contributed by atoms with Gasteiger partial charge < -0.3 is 39.0 Å². The van der Waals surface area contributed by atoms with Gasteiger partial charge in [0.2, 0.25) is 0 Å². The lowest BCUT2D eigenvalue weighted by Gasteiger charge is -2.40. The molecule has 0 amide bonds. The number of rotatable bonds is 56. The van der Waals surface area contributed by atoms with Gasteiger partial charge in [0.15, 0.2) is 24.6 Å². The van der Waals surface area contributed by atoms with Crippen LogP contribution in [0.5, 0.6) is 0 Å². The molecule has 6 unspecified atom stereocenters. The van der Waals surface area contributed by atoms with Gasteiger partial charge in [0.1, 0.15) is 18.8 Å². The van der Waals surface area contributed by atoms with E-state index in [4.69, 9.17) is 23.7 Å². The summed E-state index contributed by atoms with van der Waals surface area (Å²) in [5.41, 5.74) is 0. The summed E-state index contributed by atoms with van der Waals surface area (Å²) in [5.74, 6) is -3.17. The van der Waals surface area contributed by atoms with Crippen molar-refractivity contribution in [3.63, 3.8) is 0 Å². The molecule has 1 aliphatic rings. The van der Waals surface area contributed by atoms with Crippen LogP contribution in [-0.2, 0) is 42.9 Å². The number of carboxylic acid groups (broad SMARTS) is 1. The van der Waals surface area contributed by atoms with Crippen molar-refractivity contribution in [3.05, 3.63) is 72.9 Å². The van der Waals surface area contributed by atoms with Crippen LogP contribution in [0, 0.1) is 0 Å². The molecule has 1 aliphatic heterocycles. The standard InChI is InChI=1S/C69H118O12/c1-4-7-10-13-16-19-22-25-28-30-31-33-35-37-40-43-46-49-52-55-61(70)77-58-60(79-62(71)56-53-50-47-44-41-38-34-27-24-21-18-15-12-9-6-3)59-78-69-67(65(74)64(73)66(81-69)68(75)76)80-63(72)57-54-51-48-45-42-39-36-32-29-26-23-20-17-14-11-8-5-2/h9,12,18,21,25-29,34,41,44,60,64-67,69,73-74H,4-8,10-11,13-17,19-20,22-24,30-33,35-40,42-43,45-59H2,1-3H3,(H,75,76)/b12-9-,21-18-,28-25-,29-26-,34-27-,44-41-. The Balaban J connectivity index is 2.67. The average molecular weight is 1140 g/mol. The third kappa shape index (κ3) is 46.3. The minimum atomic E-state index is -1.91. The smallest absolute Gasteiger partial charge is 0.335 e. The zero-order chi connectivity index (χ0) is 58.9. The van der Waals surface area contributed by atoms with Gasteiger partial charge in [-0.3, -0.25) is 14.4 Å². The molecule has 466 valence electrons. The van der Waals surface area contributed by atoms with E-state index < -0.39 is 67.3 Å². The van der Waals surface area contributed by atoms with E-state index in [9.17, 15) is 34.5 Å². The molecule has 0 aromatic heterocycles. The summed E-state index contributed by atoms with van der Waals surface area (Å²) in [4.78, 5) is 51.3. The van der Waals surface area contributed by atoms with E-state index in [1.807, 2.05) is 0 Å². The molecule has 6 atom stereocenters. The number of ether oxygens (including phenoxy) is 5. The molecule has 1 saturated heterocycles. The summed E-state index contributed by atoms with van der Waals surface area (Å²) >= 11 is 0. The minimum absolute atomic E-state index is 0.0495. The monoisotopic (exact) mass is 1140 g/mol. The van der Waals surface area contributed by atoms with Gasteiger partial charge in [-0.25, -0.2) is 4.79 Å². The summed E-state index contributed by atoms with van der Waals surface area (Å²) in [5, 5.41) is 31.6. The van der Waals surface area contributed by atoms with Gasteiger partial charge in [-0.05, 0) is 109 Å². The Morgan fingerprint density at radius 2 is 0.778 bits per heavy atom. The molecule has 81 heavy (non-hydrogen) atoms. The van der Waals surface area contributed by atoms with Gasteiger partial charge in [0.05, 0.1) is 6.61 Å². The highest BCUT2D eigenvalue weighted by molar-refractivity contribution is 5.74. The Morgan fingerprint density at radius 3 is 1.22 bits per heavy atom. The minimum Gasteiger partial charge on any atom is -0.479 e. The maximum atomic E-state index is 13.2. The molecule has 1 heterocycles. The first-order valence-electron chi connectivity index (χ1n) is 32.9. The fraction of sp³-hybridized carbons (Fsp3) is 0.768. The molecular weight excluding hydrogens is 1020 g/mol. The molecule has 12 heteroatoms. The third-order valence-corrected chi connectivity index (χ3v) is 14.7. The zero-order valence-corrected chi connectivity index (χ0v) is 51.5. The predicted molar refractivity (Wildman–Crippen MR) is 331 cm³/mol. The first kappa shape index (κ1) is 75.2. The summed E-state index contributed by atoms with van der Waals surface area (Å²) in [6.07, 6.45) is 60.1. The van der Waals surface area contributed by atoms with Crippen molar-refractivity contribution < 1.29 is 58.2 Å². The van der Waals surface area contributed by atoms with Crippen molar-refractivity contribution in [3.8, 4) is 0 Å². The number of hydrogen-bond acceptors (Lipinski definition) is 11. The second-order valence-electron chi connectivity index (χ2n) is 22.4. The van der Waals surface area contributed by atoms with Gasteiger partial charge in [0, 0.05) is 19.3 Å². The quantitative estimate of drug-likeness (QED) is 0.0228. The van der Waals surface area contributed by atoms with E-state index in [0.29, 0.717) is 19.3 Å². The second-order valence-corrected chi connectivity index (χ2v) is 22.4. The van der Waals surface area contributed by atoms with Gasteiger partial charge >= 0.3 is 23.9 Å². The van der Waals surface area contributed by atoms with E-state index >= 15 is 0 Å². The van der Waals surface area contributed by atoms with Crippen LogP contribution in [0.15, 0.2) is 72.9 Å². The van der Waals surface area contributed by atoms with E-state index in [1.54, 1.807) is 0 Å². The lowest BCUT2D eigenvalue weighted by molar-refractivity contribution is -0.301. The molecule has 0 saturated carbocycles. The van der Waals surface area contributed by atoms with E-state index in [1.165, 1.54) is 135 Å². The molecule has 0 aliphatic carbocycles. The van der Waals surface area contributed by atoms with Crippen LogP contribution in [0.25, 0.3) is 0 Å². The predicted octanol–water partition coefficient (Wildman–Crippen LogP) is 17.7. The Labute approximate surface area is 493 Å². The summed E-state index contributed by atoms with van der Waals surface area (Å²) < 4.78 is 28.5. The van der Waals surface area contributed by atoms with Gasteiger partial charge in [-0.15, -0.1) is 0 Å².